The van der Waals surface area contributed by atoms with Crippen LogP contribution in [0.5, 0.6) is 28.7 Å². The summed E-state index contributed by atoms with van der Waals surface area (Å²) in [6, 6.07) is 15.1. The third kappa shape index (κ3) is 3.32. The number of esters is 1. The number of phenols is 2. The summed E-state index contributed by atoms with van der Waals surface area (Å²) in [6.45, 7) is 0. The molecule has 0 bridgehead atoms. The number of hydrogen-bond acceptors (Lipinski definition) is 7. The lowest BCUT2D eigenvalue weighted by Crippen LogP contribution is -2.25. The number of ketones is 1. The second-order valence-electron chi connectivity index (χ2n) is 7.84. The molecule has 2 aliphatic rings. The molecule has 5 rings (SSSR count). The number of carbonyl (C=O) groups excluding carboxylic acids is 2. The Morgan fingerprint density at radius 3 is 2.28 bits per heavy atom. The fraction of sp³-hybridized carbons (Fsp3) is 0.200. The summed E-state index contributed by atoms with van der Waals surface area (Å²) in [4.78, 5) is 25.3. The molecule has 0 unspecified atom stereocenters. The fourth-order valence-electron chi connectivity index (χ4n) is 4.31. The molecule has 0 amide bonds. The Balaban J connectivity index is 1.57. The average Bonchev–Trinajstić information content (AvgIpc) is 2.78. The van der Waals surface area contributed by atoms with Gasteiger partial charge in [-0.2, -0.15) is 0 Å². The summed E-state index contributed by atoms with van der Waals surface area (Å²) in [5, 5.41) is 20.7. The number of ether oxygens (including phenoxy) is 3. The van der Waals surface area contributed by atoms with E-state index in [4.69, 9.17) is 14.2 Å². The van der Waals surface area contributed by atoms with Crippen molar-refractivity contribution in [1.82, 2.24) is 0 Å². The number of benzene rings is 3. The SMILES string of the molecule is COc1ccc([C@H]2CC(=O)c3c(cc4c(c3O)[C@@H](c3ccc(O)cc3)CC(=O)O4)O2)cc1. The number of phenolic OH excluding ortho intramolecular Hbond substituents is 2. The molecule has 2 heterocycles. The molecule has 0 saturated carbocycles. The maximum Gasteiger partial charge on any atom is 0.312 e. The summed E-state index contributed by atoms with van der Waals surface area (Å²) in [5.74, 6) is -0.329. The van der Waals surface area contributed by atoms with Crippen LogP contribution in [0.15, 0.2) is 54.6 Å². The summed E-state index contributed by atoms with van der Waals surface area (Å²) in [7, 11) is 1.57. The van der Waals surface area contributed by atoms with Crippen molar-refractivity contribution in [3.05, 3.63) is 76.9 Å². The number of carbonyl (C=O) groups is 2. The van der Waals surface area contributed by atoms with Gasteiger partial charge in [-0.1, -0.05) is 24.3 Å². The van der Waals surface area contributed by atoms with Crippen molar-refractivity contribution in [3.8, 4) is 28.7 Å². The number of methoxy groups -OCH3 is 1. The van der Waals surface area contributed by atoms with Crippen LogP contribution in [-0.2, 0) is 4.79 Å². The zero-order valence-electron chi connectivity index (χ0n) is 17.2. The molecule has 3 aromatic carbocycles. The number of hydrogen-bond donors (Lipinski definition) is 2. The summed E-state index contributed by atoms with van der Waals surface area (Å²) in [6.07, 6.45) is -0.464. The molecule has 162 valence electrons. The largest absolute Gasteiger partial charge is 0.508 e. The quantitative estimate of drug-likeness (QED) is 0.471. The van der Waals surface area contributed by atoms with Gasteiger partial charge in [0.1, 0.15) is 40.4 Å². The molecule has 0 radical (unpaired) electrons. The van der Waals surface area contributed by atoms with E-state index < -0.39 is 18.0 Å². The average molecular weight is 432 g/mol. The molecule has 7 nitrogen and oxygen atoms in total. The maximum atomic E-state index is 13.0. The topological polar surface area (TPSA) is 102 Å². The Bertz CT molecular complexity index is 1210. The summed E-state index contributed by atoms with van der Waals surface area (Å²) >= 11 is 0. The first-order valence-corrected chi connectivity index (χ1v) is 10.2. The van der Waals surface area contributed by atoms with E-state index in [1.54, 1.807) is 31.4 Å². The van der Waals surface area contributed by atoms with Gasteiger partial charge in [0.2, 0.25) is 0 Å². The first kappa shape index (κ1) is 19.9. The maximum absolute atomic E-state index is 13.0. The second kappa shape index (κ2) is 7.60. The number of rotatable bonds is 3. The van der Waals surface area contributed by atoms with Crippen LogP contribution in [0.3, 0.4) is 0 Å². The van der Waals surface area contributed by atoms with Crippen molar-refractivity contribution < 1.29 is 34.0 Å². The molecular weight excluding hydrogens is 412 g/mol. The molecule has 0 spiro atoms. The molecule has 32 heavy (non-hydrogen) atoms. The molecule has 2 aliphatic heterocycles. The molecule has 2 atom stereocenters. The van der Waals surface area contributed by atoms with Crippen molar-refractivity contribution in [2.24, 2.45) is 0 Å². The predicted molar refractivity (Wildman–Crippen MR) is 114 cm³/mol. The van der Waals surface area contributed by atoms with Gasteiger partial charge in [-0.25, -0.2) is 0 Å². The Hall–Kier alpha value is -4.00. The molecule has 0 aromatic heterocycles. The van der Waals surface area contributed by atoms with Crippen molar-refractivity contribution in [2.75, 3.05) is 7.11 Å². The van der Waals surface area contributed by atoms with Crippen LogP contribution in [0, 0.1) is 0 Å². The highest BCUT2D eigenvalue weighted by Crippen LogP contribution is 2.51. The highest BCUT2D eigenvalue weighted by atomic mass is 16.5. The van der Waals surface area contributed by atoms with Gasteiger partial charge in [0.05, 0.1) is 20.0 Å². The second-order valence-corrected chi connectivity index (χ2v) is 7.84. The molecule has 2 N–H and O–H groups in total. The molecule has 7 heteroatoms. The van der Waals surface area contributed by atoms with Gasteiger partial charge in [0.25, 0.3) is 0 Å². The minimum absolute atomic E-state index is 0.00758. The molecule has 0 saturated heterocycles. The van der Waals surface area contributed by atoms with Gasteiger partial charge >= 0.3 is 5.97 Å². The van der Waals surface area contributed by atoms with Crippen LogP contribution in [0.1, 0.15) is 51.9 Å². The zero-order chi connectivity index (χ0) is 22.4. The van der Waals surface area contributed by atoms with E-state index in [0.29, 0.717) is 11.3 Å². The lowest BCUT2D eigenvalue weighted by Gasteiger charge is -2.31. The van der Waals surface area contributed by atoms with Crippen molar-refractivity contribution in [1.29, 1.82) is 0 Å². The lowest BCUT2D eigenvalue weighted by atomic mass is 9.83. The Labute approximate surface area is 183 Å². The van der Waals surface area contributed by atoms with E-state index in [-0.39, 0.29) is 47.2 Å². The number of fused-ring (bicyclic) bond motifs is 2. The van der Waals surface area contributed by atoms with Gasteiger partial charge in [-0.05, 0) is 35.4 Å². The summed E-state index contributed by atoms with van der Waals surface area (Å²) in [5.41, 5.74) is 1.97. The van der Waals surface area contributed by atoms with Gasteiger partial charge in [0, 0.05) is 17.5 Å². The van der Waals surface area contributed by atoms with Crippen LogP contribution >= 0.6 is 0 Å². The van der Waals surface area contributed by atoms with Crippen LogP contribution in [0.2, 0.25) is 0 Å². The third-order valence-corrected chi connectivity index (χ3v) is 5.91. The van der Waals surface area contributed by atoms with Crippen molar-refractivity contribution >= 4 is 11.8 Å². The van der Waals surface area contributed by atoms with Crippen LogP contribution in [-0.4, -0.2) is 29.1 Å². The molecule has 3 aromatic rings. The number of Topliss-reactive ketones (excluding diaryl/α,β-unsaturated/α-hetero) is 1. The normalized spacial score (nSPS) is 19.4. The Morgan fingerprint density at radius 2 is 1.59 bits per heavy atom. The highest BCUT2D eigenvalue weighted by molar-refractivity contribution is 6.03. The Kier molecular flexibility index (Phi) is 4.74. The Morgan fingerprint density at radius 1 is 0.906 bits per heavy atom. The minimum atomic E-state index is -0.537. The third-order valence-electron chi connectivity index (χ3n) is 5.91. The molecule has 0 aliphatic carbocycles. The minimum Gasteiger partial charge on any atom is -0.508 e. The highest BCUT2D eigenvalue weighted by Gasteiger charge is 2.38. The van der Waals surface area contributed by atoms with Gasteiger partial charge in [0.15, 0.2) is 5.78 Å². The first-order valence-electron chi connectivity index (χ1n) is 10.2. The monoisotopic (exact) mass is 432 g/mol. The van der Waals surface area contributed by atoms with Crippen LogP contribution in [0.25, 0.3) is 0 Å². The van der Waals surface area contributed by atoms with Crippen molar-refractivity contribution in [2.45, 2.75) is 24.9 Å². The smallest absolute Gasteiger partial charge is 0.312 e. The van der Waals surface area contributed by atoms with E-state index in [1.807, 2.05) is 12.1 Å². The van der Waals surface area contributed by atoms with E-state index in [1.165, 1.54) is 18.2 Å². The lowest BCUT2D eigenvalue weighted by molar-refractivity contribution is -0.135. The first-order chi connectivity index (χ1) is 15.4. The van der Waals surface area contributed by atoms with Crippen LogP contribution in [0.4, 0.5) is 0 Å². The van der Waals surface area contributed by atoms with E-state index >= 15 is 0 Å². The summed E-state index contributed by atoms with van der Waals surface area (Å²) < 4.78 is 16.6. The molecule has 0 fully saturated rings. The van der Waals surface area contributed by atoms with Crippen molar-refractivity contribution in [3.63, 3.8) is 0 Å². The standard InChI is InChI=1S/C25H20O7/c1-30-16-8-4-14(5-9-16)19-11-18(27)24-21(31-19)12-20-23(25(24)29)17(10-22(28)32-20)13-2-6-15(26)7-3-13/h2-9,12,17,19,26,29H,10-11H2,1H3/t17-,19-/m1/s1. The van der Waals surface area contributed by atoms with E-state index in [0.717, 1.165) is 11.1 Å². The molecular formula is C25H20O7. The fourth-order valence-corrected chi connectivity index (χ4v) is 4.31. The van der Waals surface area contributed by atoms with Gasteiger partial charge < -0.3 is 24.4 Å². The van der Waals surface area contributed by atoms with Gasteiger partial charge in [-0.3, -0.25) is 9.59 Å². The van der Waals surface area contributed by atoms with Gasteiger partial charge in [-0.15, -0.1) is 0 Å². The number of aromatic hydroxyl groups is 2. The van der Waals surface area contributed by atoms with E-state index in [9.17, 15) is 19.8 Å². The van der Waals surface area contributed by atoms with E-state index in [2.05, 4.69) is 0 Å². The zero-order valence-corrected chi connectivity index (χ0v) is 17.2. The predicted octanol–water partition coefficient (Wildman–Crippen LogP) is 4.25. The van der Waals surface area contributed by atoms with Crippen LogP contribution < -0.4 is 14.2 Å².